The number of benzene rings is 1. The molecule has 0 atom stereocenters. The first-order valence-corrected chi connectivity index (χ1v) is 6.42. The maximum absolute atomic E-state index is 13.1. The number of halogens is 4. The minimum absolute atomic E-state index is 0.00194. The zero-order valence-corrected chi connectivity index (χ0v) is 11.3. The fraction of sp³-hybridized carbons (Fsp3) is 0.0667. The van der Waals surface area contributed by atoms with Crippen molar-refractivity contribution >= 4 is 22.6 Å². The number of aromatic nitrogens is 2. The van der Waals surface area contributed by atoms with Crippen molar-refractivity contribution in [3.8, 4) is 11.1 Å². The van der Waals surface area contributed by atoms with Gasteiger partial charge in [0.25, 0.3) is 0 Å². The summed E-state index contributed by atoms with van der Waals surface area (Å²) >= 11 is 6.04. The molecule has 0 radical (unpaired) electrons. The topological polar surface area (TPSA) is 25.8 Å². The average Bonchev–Trinajstić information content (AvgIpc) is 2.45. The molecule has 0 aliphatic heterocycles. The van der Waals surface area contributed by atoms with Gasteiger partial charge in [-0.15, -0.1) is 0 Å². The molecular weight excluding hydrogens is 301 g/mol. The van der Waals surface area contributed by atoms with E-state index in [-0.39, 0.29) is 16.3 Å². The fourth-order valence-electron chi connectivity index (χ4n) is 2.14. The van der Waals surface area contributed by atoms with Gasteiger partial charge in [0.1, 0.15) is 5.15 Å². The molecule has 0 unspecified atom stereocenters. The van der Waals surface area contributed by atoms with Crippen LogP contribution in [0.15, 0.2) is 48.7 Å². The number of rotatable bonds is 1. The summed E-state index contributed by atoms with van der Waals surface area (Å²) < 4.78 is 39.3. The van der Waals surface area contributed by atoms with Gasteiger partial charge in [-0.3, -0.25) is 0 Å². The summed E-state index contributed by atoms with van der Waals surface area (Å²) in [5.41, 5.74) is -0.0916. The van der Waals surface area contributed by atoms with Crippen LogP contribution in [0.3, 0.4) is 0 Å². The summed E-state index contributed by atoms with van der Waals surface area (Å²) in [6.45, 7) is 0. The molecule has 0 bridgehead atoms. The van der Waals surface area contributed by atoms with Crippen LogP contribution in [0.25, 0.3) is 22.2 Å². The molecule has 2 nitrogen and oxygen atoms in total. The van der Waals surface area contributed by atoms with Gasteiger partial charge < -0.3 is 0 Å². The van der Waals surface area contributed by atoms with Crippen molar-refractivity contribution in [2.45, 2.75) is 6.18 Å². The lowest BCUT2D eigenvalue weighted by Gasteiger charge is -2.13. The van der Waals surface area contributed by atoms with Crippen molar-refractivity contribution in [3.63, 3.8) is 0 Å². The highest BCUT2D eigenvalue weighted by atomic mass is 35.5. The Bertz CT molecular complexity index is 815. The van der Waals surface area contributed by atoms with Crippen molar-refractivity contribution in [1.82, 2.24) is 9.97 Å². The molecule has 0 saturated carbocycles. The molecule has 2 heterocycles. The highest BCUT2D eigenvalue weighted by Gasteiger charge is 2.33. The van der Waals surface area contributed by atoms with E-state index in [0.29, 0.717) is 11.0 Å². The number of nitrogens with zero attached hydrogens (tertiary/aromatic N) is 2. The molecule has 0 fully saturated rings. The Hall–Kier alpha value is -2.14. The van der Waals surface area contributed by atoms with Crippen LogP contribution in [0, 0.1) is 0 Å². The SMILES string of the molecule is FC(F)(F)c1ccccc1-c1cc2cccnc2nc1Cl. The molecule has 0 saturated heterocycles. The normalized spacial score (nSPS) is 11.8. The smallest absolute Gasteiger partial charge is 0.237 e. The van der Waals surface area contributed by atoms with Crippen LogP contribution in [-0.2, 0) is 6.18 Å². The summed E-state index contributed by atoms with van der Waals surface area (Å²) in [4.78, 5) is 8.09. The van der Waals surface area contributed by atoms with E-state index >= 15 is 0 Å². The third kappa shape index (κ3) is 2.56. The Morgan fingerprint density at radius 2 is 1.71 bits per heavy atom. The molecule has 0 amide bonds. The predicted molar refractivity (Wildman–Crippen MR) is 75.0 cm³/mol. The van der Waals surface area contributed by atoms with E-state index in [1.54, 1.807) is 24.4 Å². The molecular formula is C15H8ClF3N2. The van der Waals surface area contributed by atoms with Gasteiger partial charge in [0.15, 0.2) is 5.65 Å². The second-order valence-electron chi connectivity index (χ2n) is 4.42. The summed E-state index contributed by atoms with van der Waals surface area (Å²) in [5.74, 6) is 0. The minimum atomic E-state index is -4.45. The van der Waals surface area contributed by atoms with Crippen LogP contribution in [0.1, 0.15) is 5.56 Å². The number of hydrogen-bond donors (Lipinski definition) is 0. The summed E-state index contributed by atoms with van der Waals surface area (Å²) in [6.07, 6.45) is -2.90. The van der Waals surface area contributed by atoms with E-state index in [2.05, 4.69) is 9.97 Å². The van der Waals surface area contributed by atoms with Crippen molar-refractivity contribution in [1.29, 1.82) is 0 Å². The van der Waals surface area contributed by atoms with Crippen LogP contribution in [0.2, 0.25) is 5.15 Å². The van der Waals surface area contributed by atoms with Gasteiger partial charge in [0.2, 0.25) is 0 Å². The quantitative estimate of drug-likeness (QED) is 0.593. The molecule has 0 N–H and O–H groups in total. The average molecular weight is 309 g/mol. The van der Waals surface area contributed by atoms with Gasteiger partial charge in [-0.1, -0.05) is 29.8 Å². The number of hydrogen-bond acceptors (Lipinski definition) is 2. The van der Waals surface area contributed by atoms with Gasteiger partial charge in [0.05, 0.1) is 5.56 Å². The van der Waals surface area contributed by atoms with Crippen molar-refractivity contribution < 1.29 is 13.2 Å². The molecule has 0 aliphatic rings. The van der Waals surface area contributed by atoms with Gasteiger partial charge in [-0.05, 0) is 29.8 Å². The molecule has 0 spiro atoms. The zero-order chi connectivity index (χ0) is 15.0. The highest BCUT2D eigenvalue weighted by Crippen LogP contribution is 2.39. The summed E-state index contributed by atoms with van der Waals surface area (Å²) in [5, 5.41) is 0.631. The maximum Gasteiger partial charge on any atom is 0.417 e. The van der Waals surface area contributed by atoms with Crippen LogP contribution in [-0.4, -0.2) is 9.97 Å². The van der Waals surface area contributed by atoms with Gasteiger partial charge in [0, 0.05) is 17.1 Å². The Morgan fingerprint density at radius 1 is 0.952 bits per heavy atom. The molecule has 3 aromatic rings. The number of fused-ring (bicyclic) bond motifs is 1. The Kier molecular flexibility index (Phi) is 3.29. The van der Waals surface area contributed by atoms with E-state index in [1.165, 1.54) is 18.2 Å². The Balaban J connectivity index is 2.28. The van der Waals surface area contributed by atoms with E-state index in [9.17, 15) is 13.2 Å². The van der Waals surface area contributed by atoms with Crippen molar-refractivity contribution in [3.05, 3.63) is 59.4 Å². The van der Waals surface area contributed by atoms with Gasteiger partial charge in [-0.2, -0.15) is 13.2 Å². The first kappa shape index (κ1) is 13.8. The summed E-state index contributed by atoms with van der Waals surface area (Å²) in [7, 11) is 0. The van der Waals surface area contributed by atoms with Crippen LogP contribution in [0.4, 0.5) is 13.2 Å². The number of pyridine rings is 2. The van der Waals surface area contributed by atoms with Crippen LogP contribution < -0.4 is 0 Å². The standard InChI is InChI=1S/C15H8ClF3N2/c16-13-11(8-9-4-3-7-20-14(9)21-13)10-5-1-2-6-12(10)15(17,18)19/h1-8H. The van der Waals surface area contributed by atoms with Crippen molar-refractivity contribution in [2.24, 2.45) is 0 Å². The first-order valence-electron chi connectivity index (χ1n) is 6.04. The lowest BCUT2D eigenvalue weighted by molar-refractivity contribution is -0.137. The lowest BCUT2D eigenvalue weighted by atomic mass is 10.00. The fourth-order valence-corrected chi connectivity index (χ4v) is 2.37. The monoisotopic (exact) mass is 308 g/mol. The van der Waals surface area contributed by atoms with Crippen molar-refractivity contribution in [2.75, 3.05) is 0 Å². The van der Waals surface area contributed by atoms with E-state index in [0.717, 1.165) is 6.07 Å². The largest absolute Gasteiger partial charge is 0.417 e. The molecule has 2 aromatic heterocycles. The number of alkyl halides is 3. The van der Waals surface area contributed by atoms with E-state index in [1.807, 2.05) is 0 Å². The minimum Gasteiger partial charge on any atom is -0.237 e. The third-order valence-electron chi connectivity index (χ3n) is 3.07. The molecule has 3 rings (SSSR count). The van der Waals surface area contributed by atoms with Crippen LogP contribution in [0.5, 0.6) is 0 Å². The third-order valence-corrected chi connectivity index (χ3v) is 3.35. The highest BCUT2D eigenvalue weighted by molar-refractivity contribution is 6.32. The van der Waals surface area contributed by atoms with E-state index in [4.69, 9.17) is 11.6 Å². The molecule has 0 aliphatic carbocycles. The maximum atomic E-state index is 13.1. The molecule has 6 heteroatoms. The summed E-state index contributed by atoms with van der Waals surface area (Å²) in [6, 6.07) is 10.3. The Labute approximate surface area is 123 Å². The molecule has 21 heavy (non-hydrogen) atoms. The first-order chi connectivity index (χ1) is 9.97. The second kappa shape index (κ2) is 5.00. The molecule has 1 aromatic carbocycles. The molecule has 106 valence electrons. The van der Waals surface area contributed by atoms with E-state index < -0.39 is 11.7 Å². The second-order valence-corrected chi connectivity index (χ2v) is 4.78. The van der Waals surface area contributed by atoms with Gasteiger partial charge >= 0.3 is 6.18 Å². The predicted octanol–water partition coefficient (Wildman–Crippen LogP) is 4.97. The van der Waals surface area contributed by atoms with Gasteiger partial charge in [-0.25, -0.2) is 9.97 Å². The zero-order valence-electron chi connectivity index (χ0n) is 10.5. The van der Waals surface area contributed by atoms with Crippen LogP contribution >= 0.6 is 11.6 Å². The Morgan fingerprint density at radius 3 is 2.48 bits per heavy atom. The lowest BCUT2D eigenvalue weighted by Crippen LogP contribution is -2.07.